The molecule has 5 aromatic carbocycles. The fourth-order valence-electron chi connectivity index (χ4n) is 5.96. The zero-order chi connectivity index (χ0) is 26.0. The first kappa shape index (κ1) is 23.7. The molecule has 1 atom stereocenters. The van der Waals surface area contributed by atoms with Crippen LogP contribution in [0.4, 0.5) is 0 Å². The van der Waals surface area contributed by atoms with Crippen LogP contribution >= 0.6 is 0 Å². The summed E-state index contributed by atoms with van der Waals surface area (Å²) in [5.41, 5.74) is 4.36. The highest BCUT2D eigenvalue weighted by atomic mass is 16.5. The number of β-lactam (4-membered cyclic amide) rings is 1. The lowest BCUT2D eigenvalue weighted by Crippen LogP contribution is -2.67. The Hall–Kier alpha value is -4.63. The van der Waals surface area contributed by atoms with Crippen LogP contribution in [-0.2, 0) is 10.2 Å². The first-order chi connectivity index (χ1) is 18.7. The van der Waals surface area contributed by atoms with Crippen LogP contribution < -0.4 is 4.74 Å². The minimum Gasteiger partial charge on any atom is -0.497 e. The van der Waals surface area contributed by atoms with Gasteiger partial charge in [0.25, 0.3) is 0 Å². The van der Waals surface area contributed by atoms with Crippen molar-refractivity contribution in [2.24, 2.45) is 0 Å². The van der Waals surface area contributed by atoms with E-state index in [2.05, 4.69) is 65.6 Å². The minimum atomic E-state index is -0.862. The normalized spacial score (nSPS) is 16.2. The molecular formula is C35H29NO2. The van der Waals surface area contributed by atoms with E-state index in [0.29, 0.717) is 0 Å². The summed E-state index contributed by atoms with van der Waals surface area (Å²) in [4.78, 5) is 17.0. The van der Waals surface area contributed by atoms with Crippen LogP contribution in [0.3, 0.4) is 0 Å². The molecule has 0 aliphatic carbocycles. The molecule has 0 N–H and O–H groups in total. The fourth-order valence-corrected chi connectivity index (χ4v) is 5.96. The van der Waals surface area contributed by atoms with Crippen molar-refractivity contribution in [2.75, 3.05) is 7.11 Å². The van der Waals surface area contributed by atoms with Gasteiger partial charge < -0.3 is 9.64 Å². The van der Waals surface area contributed by atoms with E-state index < -0.39 is 5.41 Å². The number of rotatable bonds is 7. The first-order valence-corrected chi connectivity index (χ1v) is 12.9. The number of methoxy groups -OCH3 is 1. The largest absolute Gasteiger partial charge is 0.497 e. The number of amides is 1. The maximum atomic E-state index is 14.9. The number of carbonyl (C=O) groups excluding carboxylic acids is 1. The second-order valence-corrected chi connectivity index (χ2v) is 9.65. The second kappa shape index (κ2) is 10.0. The van der Waals surface area contributed by atoms with E-state index in [1.165, 1.54) is 0 Å². The van der Waals surface area contributed by atoms with Gasteiger partial charge in [-0.25, -0.2) is 0 Å². The highest BCUT2D eigenvalue weighted by Gasteiger charge is 2.64. The number of hydrogen-bond donors (Lipinski definition) is 0. The summed E-state index contributed by atoms with van der Waals surface area (Å²) in [5, 5.41) is 0. The molecule has 0 aromatic heterocycles. The quantitative estimate of drug-likeness (QED) is 0.221. The SMILES string of the molecule is COc1ccc(C2N(C(c3ccccc3)c3ccccc3)C(=O)C2(c2ccccc2)c2ccccc2)cc1. The Balaban J connectivity index is 1.62. The van der Waals surface area contributed by atoms with Gasteiger partial charge in [-0.3, -0.25) is 4.79 Å². The van der Waals surface area contributed by atoms with Gasteiger partial charge in [-0.1, -0.05) is 133 Å². The molecule has 1 amide bonds. The van der Waals surface area contributed by atoms with E-state index in [4.69, 9.17) is 4.74 Å². The van der Waals surface area contributed by atoms with E-state index in [9.17, 15) is 4.79 Å². The van der Waals surface area contributed by atoms with E-state index in [1.807, 2.05) is 84.9 Å². The summed E-state index contributed by atoms with van der Waals surface area (Å²) >= 11 is 0. The van der Waals surface area contributed by atoms with Gasteiger partial charge in [0.2, 0.25) is 5.91 Å². The van der Waals surface area contributed by atoms with Gasteiger partial charge in [0.05, 0.1) is 19.2 Å². The average Bonchev–Trinajstić information content (AvgIpc) is 3.00. The standard InChI is InChI=1S/C35H29NO2/c1-38-31-24-22-28(23-25-31)33-35(29-18-10-4-11-19-29,30-20-12-5-13-21-30)34(37)36(33)32(26-14-6-2-7-15-26)27-16-8-3-9-17-27/h2-25,32-33H,1H3. The molecule has 186 valence electrons. The molecule has 1 fully saturated rings. The summed E-state index contributed by atoms with van der Waals surface area (Å²) < 4.78 is 5.48. The first-order valence-electron chi connectivity index (χ1n) is 12.9. The second-order valence-electron chi connectivity index (χ2n) is 9.65. The molecule has 38 heavy (non-hydrogen) atoms. The molecule has 6 rings (SSSR count). The molecule has 3 heteroatoms. The monoisotopic (exact) mass is 495 g/mol. The fraction of sp³-hybridized carbons (Fsp3) is 0.114. The van der Waals surface area contributed by atoms with Crippen molar-refractivity contribution < 1.29 is 9.53 Å². The van der Waals surface area contributed by atoms with Crippen molar-refractivity contribution in [1.29, 1.82) is 0 Å². The molecule has 0 bridgehead atoms. The van der Waals surface area contributed by atoms with Gasteiger partial charge in [-0.05, 0) is 39.9 Å². The molecule has 1 aliphatic heterocycles. The molecule has 1 saturated heterocycles. The van der Waals surface area contributed by atoms with Crippen molar-refractivity contribution in [3.05, 3.63) is 173 Å². The van der Waals surface area contributed by atoms with Gasteiger partial charge >= 0.3 is 0 Å². The maximum absolute atomic E-state index is 14.9. The van der Waals surface area contributed by atoms with Crippen LogP contribution in [-0.4, -0.2) is 17.9 Å². The van der Waals surface area contributed by atoms with Crippen molar-refractivity contribution >= 4 is 5.91 Å². The molecule has 1 aliphatic rings. The van der Waals surface area contributed by atoms with E-state index in [0.717, 1.165) is 33.6 Å². The Kier molecular flexibility index (Phi) is 6.27. The molecular weight excluding hydrogens is 466 g/mol. The van der Waals surface area contributed by atoms with Crippen molar-refractivity contribution in [2.45, 2.75) is 17.5 Å². The number of benzene rings is 5. The highest BCUT2D eigenvalue weighted by molar-refractivity contribution is 6.00. The number of likely N-dealkylation sites (tertiary alicyclic amines) is 1. The van der Waals surface area contributed by atoms with Gasteiger partial charge in [-0.15, -0.1) is 0 Å². The van der Waals surface area contributed by atoms with Crippen molar-refractivity contribution in [3.8, 4) is 5.75 Å². The smallest absolute Gasteiger partial charge is 0.241 e. The Morgan fingerprint density at radius 1 is 0.605 bits per heavy atom. The van der Waals surface area contributed by atoms with Crippen LogP contribution in [0.15, 0.2) is 146 Å². The van der Waals surface area contributed by atoms with Crippen LogP contribution in [0.2, 0.25) is 0 Å². The zero-order valence-electron chi connectivity index (χ0n) is 21.3. The summed E-state index contributed by atoms with van der Waals surface area (Å²) in [7, 11) is 1.67. The lowest BCUT2D eigenvalue weighted by atomic mass is 9.59. The zero-order valence-corrected chi connectivity index (χ0v) is 21.3. The Morgan fingerprint density at radius 2 is 1.03 bits per heavy atom. The third-order valence-corrected chi connectivity index (χ3v) is 7.66. The predicted molar refractivity (Wildman–Crippen MR) is 151 cm³/mol. The predicted octanol–water partition coefficient (Wildman–Crippen LogP) is 7.35. The topological polar surface area (TPSA) is 29.5 Å². The molecule has 0 spiro atoms. The number of nitrogens with zero attached hydrogens (tertiary/aromatic N) is 1. The average molecular weight is 496 g/mol. The Labute approximate surface area is 224 Å². The molecule has 1 heterocycles. The Morgan fingerprint density at radius 3 is 1.45 bits per heavy atom. The van der Waals surface area contributed by atoms with E-state index >= 15 is 0 Å². The number of carbonyl (C=O) groups is 1. The summed E-state index contributed by atoms with van der Waals surface area (Å²) in [6.07, 6.45) is 0. The summed E-state index contributed by atoms with van der Waals surface area (Å²) in [5.74, 6) is 0.882. The Bertz CT molecular complexity index is 1420. The number of hydrogen-bond acceptors (Lipinski definition) is 2. The molecule has 3 nitrogen and oxygen atoms in total. The van der Waals surface area contributed by atoms with Gasteiger partial charge in [0.15, 0.2) is 0 Å². The molecule has 1 unspecified atom stereocenters. The van der Waals surface area contributed by atoms with Crippen LogP contribution in [0.1, 0.15) is 39.9 Å². The van der Waals surface area contributed by atoms with E-state index in [-0.39, 0.29) is 18.0 Å². The van der Waals surface area contributed by atoms with Crippen LogP contribution in [0.25, 0.3) is 0 Å². The molecule has 5 aromatic rings. The molecule has 0 radical (unpaired) electrons. The third-order valence-electron chi connectivity index (χ3n) is 7.66. The summed E-state index contributed by atoms with van der Waals surface area (Å²) in [6.45, 7) is 0. The van der Waals surface area contributed by atoms with Gasteiger partial charge in [0.1, 0.15) is 11.2 Å². The maximum Gasteiger partial charge on any atom is 0.241 e. The third kappa shape index (κ3) is 3.79. The summed E-state index contributed by atoms with van der Waals surface area (Å²) in [6, 6.07) is 48.7. The van der Waals surface area contributed by atoms with Crippen LogP contribution in [0, 0.1) is 0 Å². The lowest BCUT2D eigenvalue weighted by molar-refractivity contribution is -0.161. The van der Waals surface area contributed by atoms with Gasteiger partial charge in [-0.2, -0.15) is 0 Å². The molecule has 0 saturated carbocycles. The number of ether oxygens (including phenoxy) is 1. The minimum absolute atomic E-state index is 0.0911. The van der Waals surface area contributed by atoms with E-state index in [1.54, 1.807) is 7.11 Å². The van der Waals surface area contributed by atoms with Crippen molar-refractivity contribution in [3.63, 3.8) is 0 Å². The lowest BCUT2D eigenvalue weighted by Gasteiger charge is -2.59. The van der Waals surface area contributed by atoms with Crippen molar-refractivity contribution in [1.82, 2.24) is 4.90 Å². The van der Waals surface area contributed by atoms with Crippen LogP contribution in [0.5, 0.6) is 5.75 Å². The van der Waals surface area contributed by atoms with Gasteiger partial charge in [0, 0.05) is 0 Å². The highest BCUT2D eigenvalue weighted by Crippen LogP contribution is 2.59.